The Hall–Kier alpha value is -5.45. The van der Waals surface area contributed by atoms with E-state index in [1.165, 1.54) is 74.8 Å². The summed E-state index contributed by atoms with van der Waals surface area (Å²) >= 11 is 0. The third-order valence-electron chi connectivity index (χ3n) is 10.3. The first-order valence-corrected chi connectivity index (χ1v) is 17.9. The molecule has 0 aliphatic carbocycles. The smallest absolute Gasteiger partial charge is 0.249 e. The normalized spacial score (nSPS) is 14.8. The zero-order valence-electron chi connectivity index (χ0n) is 26.0. The first-order valence-electron chi connectivity index (χ1n) is 16.3. The van der Waals surface area contributed by atoms with Gasteiger partial charge in [-0.05, 0) is 87.4 Å². The van der Waals surface area contributed by atoms with Crippen LogP contribution in [-0.2, 0) is 0 Å². The standard InChI is InChI=1S/C43H31BN2S/c1-45-39-24-14-26-42-43(39)44(36-21-10-13-25-41(36)47(42,31-15-4-2-5-16-31)32-17-6-3-7-18-32)35-28-27-30(29-40(35)45)46-37-22-11-8-19-33(37)34-20-9-12-23-38(34)46/h2-29H,1H3. The average Bonchev–Trinajstić information content (AvgIpc) is 3.48. The number of fused-ring (bicyclic) bond motifs is 7. The fourth-order valence-corrected chi connectivity index (χ4v) is 12.7. The molecule has 7 aromatic carbocycles. The van der Waals surface area contributed by atoms with Crippen molar-refractivity contribution in [3.63, 3.8) is 0 Å². The Balaban J connectivity index is 1.27. The summed E-state index contributed by atoms with van der Waals surface area (Å²) < 4.78 is 2.43. The lowest BCUT2D eigenvalue weighted by Crippen LogP contribution is -2.61. The molecule has 1 aromatic heterocycles. The Morgan fingerprint density at radius 2 is 1.04 bits per heavy atom. The summed E-state index contributed by atoms with van der Waals surface area (Å²) in [5, 5.41) is 2.57. The van der Waals surface area contributed by atoms with Crippen LogP contribution in [-0.4, -0.2) is 18.3 Å². The summed E-state index contributed by atoms with van der Waals surface area (Å²) in [5.74, 6) is 0. The number of anilines is 2. The lowest BCUT2D eigenvalue weighted by molar-refractivity contribution is 1.15. The fourth-order valence-electron chi connectivity index (χ4n) is 8.41. The van der Waals surface area contributed by atoms with Crippen LogP contribution in [0, 0.1) is 0 Å². The van der Waals surface area contributed by atoms with E-state index in [1.54, 1.807) is 0 Å². The molecule has 0 fully saturated rings. The van der Waals surface area contributed by atoms with Gasteiger partial charge in [0.2, 0.25) is 6.71 Å². The van der Waals surface area contributed by atoms with Gasteiger partial charge >= 0.3 is 0 Å². The van der Waals surface area contributed by atoms with Gasteiger partial charge in [-0.1, -0.05) is 109 Å². The monoisotopic (exact) mass is 618 g/mol. The Bertz CT molecular complexity index is 2410. The topological polar surface area (TPSA) is 8.17 Å². The van der Waals surface area contributed by atoms with Crippen LogP contribution in [0.3, 0.4) is 0 Å². The third kappa shape index (κ3) is 3.54. The Morgan fingerprint density at radius 3 is 1.72 bits per heavy atom. The van der Waals surface area contributed by atoms with Gasteiger partial charge in [0.05, 0.1) is 11.0 Å². The molecule has 0 radical (unpaired) electrons. The van der Waals surface area contributed by atoms with Gasteiger partial charge in [-0.25, -0.2) is 0 Å². The SMILES string of the molecule is CN1c2cc(-n3c4ccccc4c4ccccc43)ccc2B2c3ccccc3S(c3ccccc3)(c3ccccc3)c3cccc1c32. The number of hydrogen-bond donors (Lipinski definition) is 0. The second-order valence-electron chi connectivity index (χ2n) is 12.6. The number of aromatic nitrogens is 1. The molecule has 0 saturated heterocycles. The van der Waals surface area contributed by atoms with Gasteiger partial charge < -0.3 is 9.47 Å². The molecule has 0 N–H and O–H groups in total. The van der Waals surface area contributed by atoms with Gasteiger partial charge in [-0.2, -0.15) is 0 Å². The van der Waals surface area contributed by atoms with Crippen LogP contribution in [0.15, 0.2) is 189 Å². The molecule has 2 nitrogen and oxygen atoms in total. The fraction of sp³-hybridized carbons (Fsp3) is 0.0233. The number of rotatable bonds is 3. The first-order chi connectivity index (χ1) is 23.3. The van der Waals surface area contributed by atoms with Crippen LogP contribution in [0.1, 0.15) is 0 Å². The van der Waals surface area contributed by atoms with Crippen molar-refractivity contribution in [2.24, 2.45) is 0 Å². The zero-order chi connectivity index (χ0) is 31.1. The highest BCUT2D eigenvalue weighted by Crippen LogP contribution is 2.74. The molecule has 0 saturated carbocycles. The van der Waals surface area contributed by atoms with Crippen molar-refractivity contribution < 1.29 is 0 Å². The van der Waals surface area contributed by atoms with Crippen molar-refractivity contribution in [1.82, 2.24) is 4.57 Å². The molecule has 8 aromatic rings. The molecule has 222 valence electrons. The van der Waals surface area contributed by atoms with Crippen molar-refractivity contribution in [3.8, 4) is 5.69 Å². The van der Waals surface area contributed by atoms with Crippen molar-refractivity contribution in [1.29, 1.82) is 0 Å². The molecule has 0 amide bonds. The van der Waals surface area contributed by atoms with Crippen LogP contribution in [0.2, 0.25) is 0 Å². The maximum absolute atomic E-state index is 2.44. The Morgan fingerprint density at radius 1 is 0.468 bits per heavy atom. The van der Waals surface area contributed by atoms with Crippen LogP contribution in [0.4, 0.5) is 11.4 Å². The van der Waals surface area contributed by atoms with Crippen LogP contribution < -0.4 is 21.3 Å². The van der Waals surface area contributed by atoms with E-state index in [-0.39, 0.29) is 6.71 Å². The predicted molar refractivity (Wildman–Crippen MR) is 200 cm³/mol. The minimum absolute atomic E-state index is 0.142. The lowest BCUT2D eigenvalue weighted by atomic mass is 9.35. The highest BCUT2D eigenvalue weighted by atomic mass is 32.3. The molecule has 0 unspecified atom stereocenters. The maximum Gasteiger partial charge on any atom is 0.249 e. The van der Waals surface area contributed by atoms with E-state index < -0.39 is 10.0 Å². The van der Waals surface area contributed by atoms with E-state index in [0.717, 1.165) is 0 Å². The maximum atomic E-state index is 2.44. The van der Waals surface area contributed by atoms with Gasteiger partial charge in [0.15, 0.2) is 0 Å². The van der Waals surface area contributed by atoms with Crippen LogP contribution in [0.5, 0.6) is 0 Å². The van der Waals surface area contributed by atoms with Gasteiger partial charge in [0.25, 0.3) is 0 Å². The summed E-state index contributed by atoms with van der Waals surface area (Å²) in [6.07, 6.45) is 0. The second-order valence-corrected chi connectivity index (χ2v) is 15.6. The summed E-state index contributed by atoms with van der Waals surface area (Å²) in [5.41, 5.74) is 10.4. The number of para-hydroxylation sites is 2. The van der Waals surface area contributed by atoms with E-state index in [2.05, 4.69) is 186 Å². The van der Waals surface area contributed by atoms with E-state index in [4.69, 9.17) is 0 Å². The summed E-state index contributed by atoms with van der Waals surface area (Å²) in [7, 11) is 0.499. The molecule has 4 heteroatoms. The first kappa shape index (κ1) is 26.7. The Kier molecular flexibility index (Phi) is 5.70. The highest BCUT2D eigenvalue weighted by Gasteiger charge is 2.48. The lowest BCUT2D eigenvalue weighted by Gasteiger charge is -2.51. The highest BCUT2D eigenvalue weighted by molar-refractivity contribution is 8.34. The Labute approximate surface area is 276 Å². The third-order valence-corrected chi connectivity index (χ3v) is 14.3. The van der Waals surface area contributed by atoms with Crippen LogP contribution >= 0.6 is 10.0 Å². The van der Waals surface area contributed by atoms with Crippen LogP contribution in [0.25, 0.3) is 27.5 Å². The molecule has 47 heavy (non-hydrogen) atoms. The minimum Gasteiger partial charge on any atom is -0.345 e. The predicted octanol–water partition coefficient (Wildman–Crippen LogP) is 9.04. The van der Waals surface area contributed by atoms with E-state index in [9.17, 15) is 0 Å². The molecule has 2 aliphatic heterocycles. The van der Waals surface area contributed by atoms with Gasteiger partial charge in [0, 0.05) is 44.7 Å². The minimum atomic E-state index is -1.75. The quantitative estimate of drug-likeness (QED) is 0.180. The van der Waals surface area contributed by atoms with Gasteiger partial charge in [-0.3, -0.25) is 0 Å². The summed E-state index contributed by atoms with van der Waals surface area (Å²) in [4.78, 5) is 8.08. The molecule has 10 rings (SSSR count). The molecule has 0 spiro atoms. The van der Waals surface area contributed by atoms with E-state index in [0.29, 0.717) is 0 Å². The van der Waals surface area contributed by atoms with E-state index in [1.807, 2.05) is 0 Å². The molecule has 0 bridgehead atoms. The molecule has 2 aliphatic rings. The van der Waals surface area contributed by atoms with E-state index >= 15 is 0 Å². The summed E-state index contributed by atoms with van der Waals surface area (Å²) in [6, 6.07) is 63.5. The van der Waals surface area contributed by atoms with Gasteiger partial charge in [0.1, 0.15) is 0 Å². The molecule has 3 heterocycles. The summed E-state index contributed by atoms with van der Waals surface area (Å²) in [6.45, 7) is 0.142. The molecular formula is C43H31BN2S. The van der Waals surface area contributed by atoms with Gasteiger partial charge in [-0.15, -0.1) is 10.0 Å². The number of benzene rings is 7. The zero-order valence-corrected chi connectivity index (χ0v) is 26.9. The second kappa shape index (κ2) is 10.0. The van der Waals surface area contributed by atoms with Crippen molar-refractivity contribution in [2.75, 3.05) is 11.9 Å². The number of nitrogens with zero attached hydrogens (tertiary/aromatic N) is 2. The molecular weight excluding hydrogens is 587 g/mol. The van der Waals surface area contributed by atoms with Crippen molar-refractivity contribution >= 4 is 66.3 Å². The number of hydrogen-bond acceptors (Lipinski definition) is 1. The largest absolute Gasteiger partial charge is 0.345 e. The molecule has 0 atom stereocenters. The average molecular weight is 619 g/mol. The van der Waals surface area contributed by atoms with Crippen molar-refractivity contribution in [3.05, 3.63) is 170 Å². The van der Waals surface area contributed by atoms with Crippen molar-refractivity contribution in [2.45, 2.75) is 19.6 Å².